The van der Waals surface area contributed by atoms with Crippen molar-refractivity contribution in [2.45, 2.75) is 27.7 Å². The fraction of sp³-hybridized carbons (Fsp3) is 0.111. The molecule has 0 bridgehead atoms. The first kappa shape index (κ1) is 23.8. The molecule has 2 aromatic heterocycles. The molecule has 40 heavy (non-hydrogen) atoms. The van der Waals surface area contributed by atoms with Crippen LogP contribution in [0.5, 0.6) is 0 Å². The normalized spacial score (nSPS) is 11.4. The van der Waals surface area contributed by atoms with E-state index < -0.39 is 0 Å². The Kier molecular flexibility index (Phi) is 5.11. The molecule has 2 heterocycles. The van der Waals surface area contributed by atoms with E-state index in [0.717, 1.165) is 43.6 Å². The summed E-state index contributed by atoms with van der Waals surface area (Å²) in [6.07, 6.45) is 0. The Balaban J connectivity index is 1.59. The molecule has 5 aromatic carbocycles. The van der Waals surface area contributed by atoms with Gasteiger partial charge in [0.2, 0.25) is 0 Å². The highest BCUT2D eigenvalue weighted by atomic mass is 15.0. The average molecular weight is 515 g/mol. The fourth-order valence-corrected chi connectivity index (χ4v) is 6.15. The number of nitriles is 2. The van der Waals surface area contributed by atoms with Crippen molar-refractivity contribution in [2.75, 3.05) is 0 Å². The van der Waals surface area contributed by atoms with Gasteiger partial charge in [-0.25, -0.2) is 0 Å². The first-order chi connectivity index (χ1) is 19.4. The summed E-state index contributed by atoms with van der Waals surface area (Å²) in [6.45, 7) is 8.37. The highest BCUT2D eigenvalue weighted by Crippen LogP contribution is 2.38. The number of nitrogens with zero attached hydrogens (tertiary/aromatic N) is 4. The lowest BCUT2D eigenvalue weighted by molar-refractivity contribution is 1.12. The second kappa shape index (κ2) is 8.60. The summed E-state index contributed by atoms with van der Waals surface area (Å²) in [5.74, 6) is 0. The number of hydrogen-bond acceptors (Lipinski definition) is 2. The lowest BCUT2D eigenvalue weighted by atomic mass is 10.1. The molecular formula is C36H26N4. The highest BCUT2D eigenvalue weighted by Gasteiger charge is 2.21. The number of fused-ring (bicyclic) bond motifs is 6. The van der Waals surface area contributed by atoms with Crippen molar-refractivity contribution < 1.29 is 0 Å². The predicted octanol–water partition coefficient (Wildman–Crippen LogP) is 8.86. The third-order valence-corrected chi connectivity index (χ3v) is 7.99. The molecule has 0 amide bonds. The maximum Gasteiger partial charge on any atom is 0.101 e. The molecule has 0 atom stereocenters. The summed E-state index contributed by atoms with van der Waals surface area (Å²) in [4.78, 5) is 0. The van der Waals surface area contributed by atoms with Gasteiger partial charge in [0.05, 0.1) is 44.6 Å². The van der Waals surface area contributed by atoms with Crippen LogP contribution in [0, 0.1) is 50.4 Å². The van der Waals surface area contributed by atoms with Crippen molar-refractivity contribution in [3.8, 4) is 23.5 Å². The molecule has 190 valence electrons. The first-order valence-corrected chi connectivity index (χ1v) is 13.4. The second-order valence-corrected chi connectivity index (χ2v) is 10.9. The van der Waals surface area contributed by atoms with E-state index in [1.54, 1.807) is 0 Å². The number of hydrogen-bond donors (Lipinski definition) is 0. The smallest absolute Gasteiger partial charge is 0.101 e. The molecule has 0 aliphatic carbocycles. The summed E-state index contributed by atoms with van der Waals surface area (Å²) >= 11 is 0. The van der Waals surface area contributed by atoms with Crippen molar-refractivity contribution in [3.63, 3.8) is 0 Å². The summed E-state index contributed by atoms with van der Waals surface area (Å²) < 4.78 is 4.26. The molecule has 0 fully saturated rings. The van der Waals surface area contributed by atoms with E-state index in [-0.39, 0.29) is 0 Å². The molecule has 0 N–H and O–H groups in total. The minimum Gasteiger partial charge on any atom is -0.308 e. The van der Waals surface area contributed by atoms with E-state index in [1.807, 2.05) is 12.1 Å². The Morgan fingerprint density at radius 1 is 0.425 bits per heavy atom. The van der Waals surface area contributed by atoms with E-state index in [1.165, 1.54) is 22.3 Å². The summed E-state index contributed by atoms with van der Waals surface area (Å²) in [7, 11) is 0. The molecule has 0 spiro atoms. The minimum atomic E-state index is 0.517. The topological polar surface area (TPSA) is 57.4 Å². The molecule has 4 nitrogen and oxygen atoms in total. The molecule has 0 saturated carbocycles. The van der Waals surface area contributed by atoms with Gasteiger partial charge in [-0.15, -0.1) is 0 Å². The standard InChI is InChI=1S/C36H26N4/c1-21-5-9-31-27(13-21)28-14-22(2)6-10-32(28)39(31)35-17-26(20-38)36(18-25(35)19-37)40-33-11-7-23(3)15-29(33)30-16-24(4)8-12-34(30)40/h5-18H,1-4H3. The number of rotatable bonds is 2. The summed E-state index contributed by atoms with van der Waals surface area (Å²) in [5, 5.41) is 25.5. The van der Waals surface area contributed by atoms with Gasteiger partial charge in [0, 0.05) is 21.5 Å². The Bertz CT molecular complexity index is 2000. The van der Waals surface area contributed by atoms with Gasteiger partial charge in [0.15, 0.2) is 0 Å². The van der Waals surface area contributed by atoms with E-state index in [2.05, 4.69) is 122 Å². The van der Waals surface area contributed by atoms with E-state index in [0.29, 0.717) is 22.5 Å². The molecule has 0 unspecified atom stereocenters. The zero-order valence-electron chi connectivity index (χ0n) is 22.9. The quantitative estimate of drug-likeness (QED) is 0.231. The Labute approximate surface area is 232 Å². The number of aryl methyl sites for hydroxylation is 4. The highest BCUT2D eigenvalue weighted by molar-refractivity contribution is 6.11. The van der Waals surface area contributed by atoms with Gasteiger partial charge in [0.25, 0.3) is 0 Å². The number of aromatic nitrogens is 2. The summed E-state index contributed by atoms with van der Waals surface area (Å²) in [5.41, 5.74) is 11.2. The Morgan fingerprint density at radius 2 is 0.700 bits per heavy atom. The van der Waals surface area contributed by atoms with Gasteiger partial charge in [-0.05, 0) is 88.4 Å². The van der Waals surface area contributed by atoms with Gasteiger partial charge in [-0.2, -0.15) is 10.5 Å². The second-order valence-electron chi connectivity index (χ2n) is 10.9. The van der Waals surface area contributed by atoms with Gasteiger partial charge >= 0.3 is 0 Å². The van der Waals surface area contributed by atoms with Crippen LogP contribution in [0.4, 0.5) is 0 Å². The van der Waals surface area contributed by atoms with Gasteiger partial charge < -0.3 is 9.13 Å². The zero-order chi connectivity index (χ0) is 27.7. The SMILES string of the molecule is Cc1ccc2c(c1)c1cc(C)ccc1n2-c1cc(C#N)c(-n2c3ccc(C)cc3c3cc(C)ccc32)cc1C#N. The van der Waals surface area contributed by atoms with Crippen LogP contribution in [0.25, 0.3) is 55.0 Å². The Hall–Kier alpha value is -5.32. The predicted molar refractivity (Wildman–Crippen MR) is 163 cm³/mol. The molecule has 4 heteroatoms. The molecule has 0 aliphatic heterocycles. The van der Waals surface area contributed by atoms with Crippen molar-refractivity contribution in [3.05, 3.63) is 118 Å². The van der Waals surface area contributed by atoms with Crippen LogP contribution in [0.3, 0.4) is 0 Å². The van der Waals surface area contributed by atoms with Crippen LogP contribution in [0.1, 0.15) is 33.4 Å². The molecule has 7 aromatic rings. The van der Waals surface area contributed by atoms with Crippen molar-refractivity contribution in [1.82, 2.24) is 9.13 Å². The molecule has 0 aliphatic rings. The lowest BCUT2D eigenvalue weighted by Gasteiger charge is -2.15. The maximum atomic E-state index is 10.5. The van der Waals surface area contributed by atoms with Gasteiger partial charge in [-0.3, -0.25) is 0 Å². The van der Waals surface area contributed by atoms with E-state index in [9.17, 15) is 10.5 Å². The third kappa shape index (κ3) is 3.37. The van der Waals surface area contributed by atoms with Crippen LogP contribution in [-0.4, -0.2) is 9.13 Å². The zero-order valence-corrected chi connectivity index (χ0v) is 22.9. The van der Waals surface area contributed by atoms with E-state index in [4.69, 9.17) is 0 Å². The van der Waals surface area contributed by atoms with E-state index >= 15 is 0 Å². The monoisotopic (exact) mass is 514 g/mol. The third-order valence-electron chi connectivity index (χ3n) is 7.99. The van der Waals surface area contributed by atoms with Crippen molar-refractivity contribution in [1.29, 1.82) is 10.5 Å². The van der Waals surface area contributed by atoms with Crippen LogP contribution in [0.15, 0.2) is 84.9 Å². The molecule has 0 radical (unpaired) electrons. The molecular weight excluding hydrogens is 488 g/mol. The van der Waals surface area contributed by atoms with Crippen molar-refractivity contribution >= 4 is 43.6 Å². The summed E-state index contributed by atoms with van der Waals surface area (Å²) in [6, 6.07) is 34.3. The van der Waals surface area contributed by atoms with Crippen LogP contribution >= 0.6 is 0 Å². The van der Waals surface area contributed by atoms with Crippen LogP contribution in [-0.2, 0) is 0 Å². The first-order valence-electron chi connectivity index (χ1n) is 13.4. The van der Waals surface area contributed by atoms with Crippen molar-refractivity contribution in [2.24, 2.45) is 0 Å². The van der Waals surface area contributed by atoms with Gasteiger partial charge in [-0.1, -0.05) is 46.5 Å². The maximum absolute atomic E-state index is 10.5. The number of benzene rings is 5. The minimum absolute atomic E-state index is 0.517. The molecule has 0 saturated heterocycles. The molecule has 7 rings (SSSR count). The average Bonchev–Trinajstić information content (AvgIpc) is 3.43. The van der Waals surface area contributed by atoms with Crippen LogP contribution < -0.4 is 0 Å². The fourth-order valence-electron chi connectivity index (χ4n) is 6.15. The van der Waals surface area contributed by atoms with Gasteiger partial charge in [0.1, 0.15) is 12.1 Å². The lowest BCUT2D eigenvalue weighted by Crippen LogP contribution is -2.04. The Morgan fingerprint density at radius 3 is 0.950 bits per heavy atom. The largest absolute Gasteiger partial charge is 0.308 e. The van der Waals surface area contributed by atoms with Crippen LogP contribution in [0.2, 0.25) is 0 Å².